The summed E-state index contributed by atoms with van der Waals surface area (Å²) in [5.41, 5.74) is 0.219. The van der Waals surface area contributed by atoms with Gasteiger partial charge in [0.25, 0.3) is 6.47 Å². The van der Waals surface area contributed by atoms with E-state index in [4.69, 9.17) is 4.74 Å². The van der Waals surface area contributed by atoms with Gasteiger partial charge in [-0.2, -0.15) is 0 Å². The lowest BCUT2D eigenvalue weighted by Crippen LogP contribution is -2.43. The Labute approximate surface area is 93.4 Å². The van der Waals surface area contributed by atoms with Crippen molar-refractivity contribution in [1.82, 2.24) is 0 Å². The van der Waals surface area contributed by atoms with Crippen LogP contribution in [-0.4, -0.2) is 12.6 Å². The van der Waals surface area contributed by atoms with Crippen molar-refractivity contribution in [3.05, 3.63) is 0 Å². The minimum atomic E-state index is 0.110. The molecule has 1 saturated carbocycles. The molecule has 2 nitrogen and oxygen atoms in total. The molecule has 4 unspecified atom stereocenters. The van der Waals surface area contributed by atoms with Gasteiger partial charge < -0.3 is 4.74 Å². The lowest BCUT2D eigenvalue weighted by molar-refractivity contribution is -0.147. The van der Waals surface area contributed by atoms with Crippen LogP contribution in [0, 0.1) is 23.2 Å². The Morgan fingerprint density at radius 2 is 1.80 bits per heavy atom. The van der Waals surface area contributed by atoms with Gasteiger partial charge in [-0.1, -0.05) is 34.6 Å². The van der Waals surface area contributed by atoms with Crippen molar-refractivity contribution in [3.8, 4) is 0 Å². The van der Waals surface area contributed by atoms with Crippen molar-refractivity contribution in [2.45, 2.75) is 53.6 Å². The summed E-state index contributed by atoms with van der Waals surface area (Å²) in [7, 11) is 0. The third kappa shape index (κ3) is 2.96. The van der Waals surface area contributed by atoms with Crippen LogP contribution in [-0.2, 0) is 9.53 Å². The topological polar surface area (TPSA) is 26.3 Å². The zero-order valence-corrected chi connectivity index (χ0v) is 10.6. The molecule has 0 heterocycles. The number of hydrogen-bond acceptors (Lipinski definition) is 2. The van der Waals surface area contributed by atoms with Crippen molar-refractivity contribution in [2.24, 2.45) is 23.2 Å². The van der Waals surface area contributed by atoms with Gasteiger partial charge in [-0.3, -0.25) is 4.79 Å². The SMILES string of the molecule is CC1CC(C)C(OC=O)C(C(C)(C)C)C1. The van der Waals surface area contributed by atoms with Gasteiger partial charge in [-0.25, -0.2) is 0 Å². The van der Waals surface area contributed by atoms with Crippen molar-refractivity contribution < 1.29 is 9.53 Å². The molecule has 4 atom stereocenters. The number of carbonyl (C=O) groups excluding carboxylic acids is 1. The lowest BCUT2D eigenvalue weighted by Gasteiger charge is -2.44. The molecule has 2 heteroatoms. The first-order valence-electron chi connectivity index (χ1n) is 5.95. The van der Waals surface area contributed by atoms with E-state index < -0.39 is 0 Å². The van der Waals surface area contributed by atoms with Crippen LogP contribution in [0.25, 0.3) is 0 Å². The summed E-state index contributed by atoms with van der Waals surface area (Å²) in [5, 5.41) is 0. The van der Waals surface area contributed by atoms with Gasteiger partial charge >= 0.3 is 0 Å². The lowest BCUT2D eigenvalue weighted by atomic mass is 9.64. The Kier molecular flexibility index (Phi) is 3.80. The third-order valence-corrected chi connectivity index (χ3v) is 3.71. The molecule has 1 rings (SSSR count). The maximum absolute atomic E-state index is 10.6. The largest absolute Gasteiger partial charge is 0.464 e. The second-order valence-electron chi connectivity index (χ2n) is 6.22. The molecule has 88 valence electrons. The van der Waals surface area contributed by atoms with Gasteiger partial charge in [0.1, 0.15) is 6.10 Å². The molecule has 0 saturated heterocycles. The molecule has 0 amide bonds. The monoisotopic (exact) mass is 212 g/mol. The molecule has 0 radical (unpaired) electrons. The average Bonchev–Trinajstić information content (AvgIpc) is 2.07. The van der Waals surface area contributed by atoms with Gasteiger partial charge in [0.2, 0.25) is 0 Å². The predicted molar refractivity (Wildman–Crippen MR) is 61.4 cm³/mol. The molecule has 0 aromatic rings. The van der Waals surface area contributed by atoms with Crippen molar-refractivity contribution in [2.75, 3.05) is 0 Å². The first kappa shape index (κ1) is 12.5. The number of ether oxygens (including phenoxy) is 1. The van der Waals surface area contributed by atoms with E-state index in [9.17, 15) is 4.79 Å². The summed E-state index contributed by atoms with van der Waals surface area (Å²) in [6, 6.07) is 0. The average molecular weight is 212 g/mol. The molecule has 0 bridgehead atoms. The Morgan fingerprint density at radius 3 is 2.27 bits per heavy atom. The van der Waals surface area contributed by atoms with Gasteiger partial charge in [0.05, 0.1) is 0 Å². The molecular formula is C13H24O2. The van der Waals surface area contributed by atoms with E-state index in [1.807, 2.05) is 0 Å². The van der Waals surface area contributed by atoms with Gasteiger partial charge in [0.15, 0.2) is 0 Å². The fraction of sp³-hybridized carbons (Fsp3) is 0.923. The smallest absolute Gasteiger partial charge is 0.293 e. The Morgan fingerprint density at radius 1 is 1.20 bits per heavy atom. The van der Waals surface area contributed by atoms with E-state index in [1.165, 1.54) is 12.8 Å². The van der Waals surface area contributed by atoms with Crippen molar-refractivity contribution in [3.63, 3.8) is 0 Å². The standard InChI is InChI=1S/C13H24O2/c1-9-6-10(2)12(15-8-14)11(7-9)13(3,4)5/h8-12H,6-7H2,1-5H3. The first-order valence-corrected chi connectivity index (χ1v) is 5.95. The Hall–Kier alpha value is -0.530. The van der Waals surface area contributed by atoms with Gasteiger partial charge in [-0.15, -0.1) is 0 Å². The van der Waals surface area contributed by atoms with Crippen LogP contribution in [0.1, 0.15) is 47.5 Å². The van der Waals surface area contributed by atoms with Gasteiger partial charge in [0, 0.05) is 5.92 Å². The molecule has 15 heavy (non-hydrogen) atoms. The predicted octanol–water partition coefficient (Wildman–Crippen LogP) is 3.26. The highest BCUT2D eigenvalue weighted by Crippen LogP contribution is 2.43. The van der Waals surface area contributed by atoms with E-state index >= 15 is 0 Å². The summed E-state index contributed by atoms with van der Waals surface area (Å²) < 4.78 is 5.30. The van der Waals surface area contributed by atoms with Crippen LogP contribution in [0.5, 0.6) is 0 Å². The van der Waals surface area contributed by atoms with Crippen LogP contribution in [0.15, 0.2) is 0 Å². The molecule has 0 aromatic heterocycles. The Bertz CT molecular complexity index is 217. The fourth-order valence-electron chi connectivity index (χ4n) is 2.97. The molecule has 0 spiro atoms. The summed E-state index contributed by atoms with van der Waals surface area (Å²) in [4.78, 5) is 10.6. The minimum absolute atomic E-state index is 0.110. The molecule has 0 aliphatic heterocycles. The van der Waals surface area contributed by atoms with E-state index in [0.717, 1.165) is 5.92 Å². The highest BCUT2D eigenvalue weighted by molar-refractivity contribution is 5.37. The van der Waals surface area contributed by atoms with Crippen LogP contribution < -0.4 is 0 Å². The zero-order chi connectivity index (χ0) is 11.6. The number of hydrogen-bond donors (Lipinski definition) is 0. The first-order chi connectivity index (χ1) is 6.86. The van der Waals surface area contributed by atoms with Crippen LogP contribution in [0.4, 0.5) is 0 Å². The third-order valence-electron chi connectivity index (χ3n) is 3.71. The summed E-state index contributed by atoms with van der Waals surface area (Å²) in [6.45, 7) is 11.8. The second kappa shape index (κ2) is 4.54. The molecule has 0 aromatic carbocycles. The molecule has 1 aliphatic rings. The fourth-order valence-corrected chi connectivity index (χ4v) is 2.97. The van der Waals surface area contributed by atoms with Crippen LogP contribution >= 0.6 is 0 Å². The van der Waals surface area contributed by atoms with E-state index in [0.29, 0.717) is 18.3 Å². The second-order valence-corrected chi connectivity index (χ2v) is 6.22. The minimum Gasteiger partial charge on any atom is -0.464 e. The van der Waals surface area contributed by atoms with Crippen LogP contribution in [0.3, 0.4) is 0 Å². The number of rotatable bonds is 2. The molecular weight excluding hydrogens is 188 g/mol. The normalized spacial score (nSPS) is 37.4. The maximum atomic E-state index is 10.6. The highest BCUT2D eigenvalue weighted by atomic mass is 16.5. The highest BCUT2D eigenvalue weighted by Gasteiger charge is 2.41. The quantitative estimate of drug-likeness (QED) is 0.657. The summed E-state index contributed by atoms with van der Waals surface area (Å²) in [5.74, 6) is 1.72. The summed E-state index contributed by atoms with van der Waals surface area (Å²) in [6.07, 6.45) is 2.45. The van der Waals surface area contributed by atoms with Crippen molar-refractivity contribution >= 4 is 6.47 Å². The van der Waals surface area contributed by atoms with Crippen LogP contribution in [0.2, 0.25) is 0 Å². The zero-order valence-electron chi connectivity index (χ0n) is 10.6. The Balaban J connectivity index is 2.82. The van der Waals surface area contributed by atoms with Crippen molar-refractivity contribution in [1.29, 1.82) is 0 Å². The summed E-state index contributed by atoms with van der Waals surface area (Å²) >= 11 is 0. The van der Waals surface area contributed by atoms with Gasteiger partial charge in [-0.05, 0) is 30.1 Å². The number of carbonyl (C=O) groups is 1. The molecule has 0 N–H and O–H groups in total. The van der Waals surface area contributed by atoms with E-state index in [1.54, 1.807) is 0 Å². The maximum Gasteiger partial charge on any atom is 0.293 e. The molecule has 1 aliphatic carbocycles. The van der Waals surface area contributed by atoms with E-state index in [2.05, 4.69) is 34.6 Å². The van der Waals surface area contributed by atoms with E-state index in [-0.39, 0.29) is 11.5 Å². The molecule has 1 fully saturated rings.